The summed E-state index contributed by atoms with van der Waals surface area (Å²) in [6.45, 7) is 5.42. The van der Waals surface area contributed by atoms with E-state index in [0.29, 0.717) is 13.2 Å². The quantitative estimate of drug-likeness (QED) is 0.744. The molecule has 0 unspecified atom stereocenters. The van der Waals surface area contributed by atoms with Gasteiger partial charge < -0.3 is 10.1 Å². The second-order valence-corrected chi connectivity index (χ2v) is 5.83. The van der Waals surface area contributed by atoms with Gasteiger partial charge in [0.2, 0.25) is 0 Å². The van der Waals surface area contributed by atoms with E-state index in [1.807, 2.05) is 36.4 Å². The summed E-state index contributed by atoms with van der Waals surface area (Å²) in [5.41, 5.74) is 3.29. The summed E-state index contributed by atoms with van der Waals surface area (Å²) in [5, 5.41) is 3.98. The number of halogens is 2. The molecule has 0 atom stereocenters. The number of hydrogen-bond donors (Lipinski definition) is 1. The van der Waals surface area contributed by atoms with Crippen LogP contribution in [0.1, 0.15) is 11.1 Å². The van der Waals surface area contributed by atoms with Gasteiger partial charge in [-0.25, -0.2) is 0 Å². The van der Waals surface area contributed by atoms with E-state index in [1.165, 1.54) is 11.1 Å². The van der Waals surface area contributed by atoms with Gasteiger partial charge in [-0.2, -0.15) is 0 Å². The molecule has 0 aromatic heterocycles. The molecule has 0 amide bonds. The van der Waals surface area contributed by atoms with Gasteiger partial charge in [0.25, 0.3) is 0 Å². The first-order chi connectivity index (χ1) is 9.58. The highest BCUT2D eigenvalue weighted by molar-refractivity contribution is 9.10. The lowest BCUT2D eigenvalue weighted by molar-refractivity contribution is 0.332. The average molecular weight is 355 g/mol. The molecule has 0 saturated carbocycles. The first-order valence-corrected chi connectivity index (χ1v) is 7.63. The number of ether oxygens (including phenoxy) is 1. The normalized spacial score (nSPS) is 10.4. The average Bonchev–Trinajstić information content (AvgIpc) is 2.42. The molecule has 4 heteroatoms. The molecule has 2 aromatic carbocycles. The van der Waals surface area contributed by atoms with Crippen molar-refractivity contribution in [3.8, 4) is 5.75 Å². The fourth-order valence-electron chi connectivity index (χ4n) is 1.95. The van der Waals surface area contributed by atoms with E-state index < -0.39 is 0 Å². The molecule has 0 aliphatic rings. The Morgan fingerprint density at radius 3 is 2.45 bits per heavy atom. The lowest BCUT2D eigenvalue weighted by Gasteiger charge is -2.12. The van der Waals surface area contributed by atoms with Crippen LogP contribution in [0.3, 0.4) is 0 Å². The van der Waals surface area contributed by atoms with Crippen LogP contribution < -0.4 is 10.1 Å². The van der Waals surface area contributed by atoms with Crippen LogP contribution in [0.25, 0.3) is 0 Å². The lowest BCUT2D eigenvalue weighted by atomic mass is 10.1. The van der Waals surface area contributed by atoms with Gasteiger partial charge >= 0.3 is 0 Å². The van der Waals surface area contributed by atoms with Crippen molar-refractivity contribution in [1.29, 1.82) is 0 Å². The predicted molar refractivity (Wildman–Crippen MR) is 89.1 cm³/mol. The number of anilines is 1. The molecule has 2 nitrogen and oxygen atoms in total. The topological polar surface area (TPSA) is 21.3 Å². The molecule has 0 radical (unpaired) electrons. The Labute approximate surface area is 133 Å². The first-order valence-electron chi connectivity index (χ1n) is 6.46. The Morgan fingerprint density at radius 1 is 1.15 bits per heavy atom. The molecule has 0 spiro atoms. The molecular formula is C16H17BrClNO. The van der Waals surface area contributed by atoms with Gasteiger partial charge in [0.1, 0.15) is 12.4 Å². The highest BCUT2D eigenvalue weighted by Crippen LogP contribution is 2.26. The summed E-state index contributed by atoms with van der Waals surface area (Å²) in [7, 11) is 0. The number of benzene rings is 2. The standard InChI is InChI=1S/C16H17BrClNO/c1-11-9-13(10-12(2)16(11)17)20-8-7-19-15-6-4-3-5-14(15)18/h3-6,9-10,19H,7-8H2,1-2H3. The third-order valence-electron chi connectivity index (χ3n) is 2.97. The first kappa shape index (κ1) is 15.2. The SMILES string of the molecule is Cc1cc(OCCNc2ccccc2Cl)cc(C)c1Br. The molecular weight excluding hydrogens is 338 g/mol. The molecule has 0 heterocycles. The molecule has 0 aliphatic heterocycles. The van der Waals surface area contributed by atoms with Gasteiger partial charge in [-0.1, -0.05) is 39.7 Å². The summed E-state index contributed by atoms with van der Waals surface area (Å²) < 4.78 is 6.90. The van der Waals surface area contributed by atoms with Crippen molar-refractivity contribution >= 4 is 33.2 Å². The van der Waals surface area contributed by atoms with E-state index in [-0.39, 0.29) is 0 Å². The monoisotopic (exact) mass is 353 g/mol. The molecule has 2 rings (SSSR count). The van der Waals surface area contributed by atoms with E-state index in [9.17, 15) is 0 Å². The third kappa shape index (κ3) is 3.90. The van der Waals surface area contributed by atoms with Crippen molar-refractivity contribution in [2.24, 2.45) is 0 Å². The minimum Gasteiger partial charge on any atom is -0.492 e. The lowest BCUT2D eigenvalue weighted by Crippen LogP contribution is -2.11. The summed E-state index contributed by atoms with van der Waals surface area (Å²) in [4.78, 5) is 0. The van der Waals surface area contributed by atoms with Gasteiger partial charge in [-0.3, -0.25) is 0 Å². The van der Waals surface area contributed by atoms with E-state index in [0.717, 1.165) is 20.9 Å². The maximum absolute atomic E-state index is 6.07. The summed E-state index contributed by atoms with van der Waals surface area (Å²) >= 11 is 9.62. The Kier molecular flexibility index (Phi) is 5.32. The second-order valence-electron chi connectivity index (χ2n) is 4.63. The van der Waals surface area contributed by atoms with Crippen LogP contribution >= 0.6 is 27.5 Å². The number of para-hydroxylation sites is 1. The molecule has 1 N–H and O–H groups in total. The van der Waals surface area contributed by atoms with Crippen LogP contribution in [0.4, 0.5) is 5.69 Å². The van der Waals surface area contributed by atoms with Gasteiger partial charge in [0.15, 0.2) is 0 Å². The van der Waals surface area contributed by atoms with E-state index in [2.05, 4.69) is 35.1 Å². The molecule has 106 valence electrons. The van der Waals surface area contributed by atoms with Crippen LogP contribution in [0.5, 0.6) is 5.75 Å². The molecule has 0 fully saturated rings. The van der Waals surface area contributed by atoms with E-state index in [1.54, 1.807) is 0 Å². The Balaban J connectivity index is 1.86. The van der Waals surface area contributed by atoms with Crippen LogP contribution in [-0.2, 0) is 0 Å². The number of hydrogen-bond acceptors (Lipinski definition) is 2. The Hall–Kier alpha value is -1.19. The number of aryl methyl sites for hydroxylation is 2. The number of rotatable bonds is 5. The minimum atomic E-state index is 0.589. The van der Waals surface area contributed by atoms with Crippen molar-refractivity contribution in [3.63, 3.8) is 0 Å². The maximum atomic E-state index is 6.07. The maximum Gasteiger partial charge on any atom is 0.119 e. The minimum absolute atomic E-state index is 0.589. The zero-order valence-corrected chi connectivity index (χ0v) is 13.9. The highest BCUT2D eigenvalue weighted by Gasteiger charge is 2.03. The Bertz CT molecular complexity index is 578. The van der Waals surface area contributed by atoms with E-state index >= 15 is 0 Å². The van der Waals surface area contributed by atoms with Crippen molar-refractivity contribution in [3.05, 3.63) is 57.0 Å². The Morgan fingerprint density at radius 2 is 1.80 bits per heavy atom. The van der Waals surface area contributed by atoms with Crippen LogP contribution in [0.2, 0.25) is 5.02 Å². The van der Waals surface area contributed by atoms with Gasteiger partial charge in [-0.15, -0.1) is 0 Å². The zero-order valence-electron chi connectivity index (χ0n) is 11.5. The second kappa shape index (κ2) is 7.00. The predicted octanol–water partition coefficient (Wildman–Crippen LogP) is 5.21. The molecule has 0 aliphatic carbocycles. The van der Waals surface area contributed by atoms with Crippen molar-refractivity contribution in [1.82, 2.24) is 0 Å². The van der Waals surface area contributed by atoms with Gasteiger partial charge in [0, 0.05) is 11.0 Å². The third-order valence-corrected chi connectivity index (χ3v) is 4.55. The summed E-state index contributed by atoms with van der Waals surface area (Å²) in [6.07, 6.45) is 0. The van der Waals surface area contributed by atoms with Crippen molar-refractivity contribution in [2.75, 3.05) is 18.5 Å². The number of nitrogens with one attached hydrogen (secondary N) is 1. The fourth-order valence-corrected chi connectivity index (χ4v) is 2.38. The molecule has 0 saturated heterocycles. The van der Waals surface area contributed by atoms with Gasteiger partial charge in [0.05, 0.1) is 10.7 Å². The van der Waals surface area contributed by atoms with Gasteiger partial charge in [-0.05, 0) is 49.2 Å². The zero-order chi connectivity index (χ0) is 14.5. The molecule has 20 heavy (non-hydrogen) atoms. The summed E-state index contributed by atoms with van der Waals surface area (Å²) in [6, 6.07) is 11.8. The van der Waals surface area contributed by atoms with Crippen LogP contribution in [-0.4, -0.2) is 13.2 Å². The molecule has 0 bridgehead atoms. The van der Waals surface area contributed by atoms with Crippen LogP contribution in [0.15, 0.2) is 40.9 Å². The van der Waals surface area contributed by atoms with E-state index in [4.69, 9.17) is 16.3 Å². The van der Waals surface area contributed by atoms with Crippen LogP contribution in [0, 0.1) is 13.8 Å². The smallest absolute Gasteiger partial charge is 0.119 e. The highest BCUT2D eigenvalue weighted by atomic mass is 79.9. The van der Waals surface area contributed by atoms with Crippen molar-refractivity contribution in [2.45, 2.75) is 13.8 Å². The summed E-state index contributed by atoms with van der Waals surface area (Å²) in [5.74, 6) is 0.893. The fraction of sp³-hybridized carbons (Fsp3) is 0.250. The van der Waals surface area contributed by atoms with Crippen molar-refractivity contribution < 1.29 is 4.74 Å². The molecule has 2 aromatic rings. The largest absolute Gasteiger partial charge is 0.492 e.